The van der Waals surface area contributed by atoms with Crippen molar-refractivity contribution in [3.8, 4) is 11.5 Å². The van der Waals surface area contributed by atoms with Crippen LogP contribution in [0.2, 0.25) is 0 Å². The number of carbonyl (C=O) groups is 4. The molecular formula is C22H17F3N2O7S. The second-order valence-electron chi connectivity index (χ2n) is 6.95. The highest BCUT2D eigenvalue weighted by Crippen LogP contribution is 2.36. The number of rotatable bonds is 8. The van der Waals surface area contributed by atoms with Crippen LogP contribution in [0.15, 0.2) is 47.4 Å². The van der Waals surface area contributed by atoms with Crippen molar-refractivity contribution in [1.82, 2.24) is 4.90 Å². The highest BCUT2D eigenvalue weighted by Gasteiger charge is 2.37. The van der Waals surface area contributed by atoms with Crippen molar-refractivity contribution < 1.29 is 46.9 Å². The summed E-state index contributed by atoms with van der Waals surface area (Å²) < 4.78 is 49.2. The molecule has 1 aliphatic rings. The van der Waals surface area contributed by atoms with Gasteiger partial charge >= 0.3 is 12.1 Å². The van der Waals surface area contributed by atoms with Crippen LogP contribution >= 0.6 is 11.8 Å². The molecule has 9 nitrogen and oxygen atoms in total. The van der Waals surface area contributed by atoms with E-state index in [1.165, 1.54) is 25.3 Å². The normalized spacial score (nSPS) is 14.9. The number of benzene rings is 2. The summed E-state index contributed by atoms with van der Waals surface area (Å²) in [6, 6.07) is 8.72. The Kier molecular flexibility index (Phi) is 7.69. The predicted molar refractivity (Wildman–Crippen MR) is 119 cm³/mol. The van der Waals surface area contributed by atoms with Gasteiger partial charge in [0.1, 0.15) is 18.0 Å². The second-order valence-corrected chi connectivity index (χ2v) is 7.94. The number of hydrogen-bond donors (Lipinski definition) is 2. The summed E-state index contributed by atoms with van der Waals surface area (Å²) >= 11 is 0.545. The number of amides is 3. The number of imide groups is 1. The van der Waals surface area contributed by atoms with Gasteiger partial charge in [0, 0.05) is 5.56 Å². The molecule has 2 aromatic carbocycles. The Balaban J connectivity index is 1.76. The maximum Gasteiger partial charge on any atom is 0.416 e. The molecule has 0 radical (unpaired) electrons. The van der Waals surface area contributed by atoms with E-state index in [2.05, 4.69) is 5.32 Å². The van der Waals surface area contributed by atoms with Crippen molar-refractivity contribution in [1.29, 1.82) is 0 Å². The van der Waals surface area contributed by atoms with Crippen LogP contribution in [0, 0.1) is 0 Å². The van der Waals surface area contributed by atoms with E-state index >= 15 is 0 Å². The lowest BCUT2D eigenvalue weighted by Crippen LogP contribution is -2.36. The highest BCUT2D eigenvalue weighted by atomic mass is 32.2. The first-order chi connectivity index (χ1) is 16.5. The smallest absolute Gasteiger partial charge is 0.416 e. The summed E-state index contributed by atoms with van der Waals surface area (Å²) in [5.74, 6) is -2.81. The van der Waals surface area contributed by atoms with Crippen LogP contribution in [-0.4, -0.2) is 53.3 Å². The maximum atomic E-state index is 13.0. The number of carbonyl (C=O) groups excluding carboxylic acids is 3. The molecule has 3 amide bonds. The van der Waals surface area contributed by atoms with Crippen LogP contribution in [0.1, 0.15) is 11.1 Å². The monoisotopic (exact) mass is 510 g/mol. The van der Waals surface area contributed by atoms with Crippen LogP contribution in [0.25, 0.3) is 6.08 Å². The third-order valence-corrected chi connectivity index (χ3v) is 5.44. The Labute approximate surface area is 200 Å². The quantitative estimate of drug-likeness (QED) is 0.514. The molecule has 0 spiro atoms. The fourth-order valence-corrected chi connectivity index (χ4v) is 3.79. The van der Waals surface area contributed by atoms with E-state index in [9.17, 15) is 32.3 Å². The number of nitrogens with zero attached hydrogens (tertiary/aromatic N) is 1. The first-order valence-electron chi connectivity index (χ1n) is 9.73. The van der Waals surface area contributed by atoms with Gasteiger partial charge in [-0.15, -0.1) is 0 Å². The Morgan fingerprint density at radius 3 is 2.51 bits per heavy atom. The van der Waals surface area contributed by atoms with Gasteiger partial charge in [0.2, 0.25) is 5.91 Å². The van der Waals surface area contributed by atoms with E-state index in [0.717, 1.165) is 12.1 Å². The van der Waals surface area contributed by atoms with E-state index in [1.54, 1.807) is 12.1 Å². The third-order valence-electron chi connectivity index (χ3n) is 4.53. The fourth-order valence-electron chi connectivity index (χ4n) is 2.96. The van der Waals surface area contributed by atoms with Gasteiger partial charge in [-0.05, 0) is 42.1 Å². The fraction of sp³-hybridized carbons (Fsp3) is 0.182. The number of carboxylic acid groups (broad SMARTS) is 1. The minimum Gasteiger partial charge on any atom is -0.495 e. The Morgan fingerprint density at radius 1 is 1.14 bits per heavy atom. The molecule has 0 saturated carbocycles. The lowest BCUT2D eigenvalue weighted by atomic mass is 10.1. The Morgan fingerprint density at radius 2 is 1.86 bits per heavy atom. The van der Waals surface area contributed by atoms with Crippen molar-refractivity contribution in [3.05, 3.63) is 58.5 Å². The van der Waals surface area contributed by atoms with Gasteiger partial charge in [0.15, 0.2) is 6.61 Å². The molecule has 35 heavy (non-hydrogen) atoms. The van der Waals surface area contributed by atoms with Crippen LogP contribution in [0.3, 0.4) is 0 Å². The molecule has 2 N–H and O–H groups in total. The molecule has 184 valence electrons. The molecule has 1 aliphatic heterocycles. The number of aliphatic carboxylic acids is 1. The molecule has 1 saturated heterocycles. The Hall–Kier alpha value is -4.00. The number of para-hydroxylation sites is 1. The molecule has 3 rings (SSSR count). The zero-order chi connectivity index (χ0) is 25.8. The van der Waals surface area contributed by atoms with Gasteiger partial charge in [-0.2, -0.15) is 13.2 Å². The van der Waals surface area contributed by atoms with Crippen LogP contribution in [0.5, 0.6) is 11.5 Å². The first-order valence-corrected chi connectivity index (χ1v) is 10.6. The summed E-state index contributed by atoms with van der Waals surface area (Å²) in [5.41, 5.74) is -0.969. The first kappa shape index (κ1) is 25.6. The van der Waals surface area contributed by atoms with E-state index < -0.39 is 47.9 Å². The molecule has 1 heterocycles. The van der Waals surface area contributed by atoms with E-state index in [-0.39, 0.29) is 22.1 Å². The maximum absolute atomic E-state index is 13.0. The van der Waals surface area contributed by atoms with Crippen molar-refractivity contribution in [2.45, 2.75) is 6.18 Å². The Bertz CT molecular complexity index is 1210. The number of methoxy groups -OCH3 is 1. The summed E-state index contributed by atoms with van der Waals surface area (Å²) in [6.45, 7) is -1.37. The lowest BCUT2D eigenvalue weighted by Gasteiger charge is -2.16. The van der Waals surface area contributed by atoms with Gasteiger partial charge < -0.3 is 19.9 Å². The SMILES string of the molecule is COc1ccc(C(F)(F)F)cc1NC(=O)CN1C(=O)S/C(=C\c2ccccc2OCC(=O)O)C1=O. The second kappa shape index (κ2) is 10.5. The molecule has 1 fully saturated rings. The van der Waals surface area contributed by atoms with Crippen molar-refractivity contribution in [2.75, 3.05) is 25.6 Å². The van der Waals surface area contributed by atoms with E-state index in [4.69, 9.17) is 14.6 Å². The van der Waals surface area contributed by atoms with Crippen molar-refractivity contribution >= 4 is 46.5 Å². The molecule has 0 unspecified atom stereocenters. The number of anilines is 1. The summed E-state index contributed by atoms with van der Waals surface area (Å²) in [6.07, 6.45) is -3.34. The van der Waals surface area contributed by atoms with Crippen LogP contribution < -0.4 is 14.8 Å². The van der Waals surface area contributed by atoms with Gasteiger partial charge in [0.25, 0.3) is 11.1 Å². The highest BCUT2D eigenvalue weighted by molar-refractivity contribution is 8.18. The van der Waals surface area contributed by atoms with Gasteiger partial charge in [-0.3, -0.25) is 19.3 Å². The predicted octanol–water partition coefficient (Wildman–Crippen LogP) is 3.85. The summed E-state index contributed by atoms with van der Waals surface area (Å²) in [7, 11) is 1.21. The molecule has 0 aliphatic carbocycles. The number of alkyl halides is 3. The lowest BCUT2D eigenvalue weighted by molar-refractivity contribution is -0.139. The van der Waals surface area contributed by atoms with Crippen LogP contribution in [-0.2, 0) is 20.6 Å². The number of halogens is 3. The largest absolute Gasteiger partial charge is 0.495 e. The summed E-state index contributed by atoms with van der Waals surface area (Å²) in [4.78, 5) is 48.9. The number of carboxylic acids is 1. The van der Waals surface area contributed by atoms with Gasteiger partial charge in [-0.1, -0.05) is 18.2 Å². The molecule has 0 atom stereocenters. The number of thioether (sulfide) groups is 1. The molecule has 13 heteroatoms. The zero-order valence-corrected chi connectivity index (χ0v) is 18.7. The van der Waals surface area contributed by atoms with Gasteiger partial charge in [0.05, 0.1) is 23.3 Å². The van der Waals surface area contributed by atoms with Crippen molar-refractivity contribution in [2.24, 2.45) is 0 Å². The van der Waals surface area contributed by atoms with E-state index in [1.807, 2.05) is 0 Å². The van der Waals surface area contributed by atoms with Crippen LogP contribution in [0.4, 0.5) is 23.7 Å². The van der Waals surface area contributed by atoms with Gasteiger partial charge in [-0.25, -0.2) is 4.79 Å². The molecule has 0 aromatic heterocycles. The minimum atomic E-state index is -4.66. The molecule has 0 bridgehead atoms. The molecule has 2 aromatic rings. The molecular weight excluding hydrogens is 493 g/mol. The van der Waals surface area contributed by atoms with Crippen molar-refractivity contribution in [3.63, 3.8) is 0 Å². The zero-order valence-electron chi connectivity index (χ0n) is 17.9. The number of ether oxygens (including phenoxy) is 2. The third kappa shape index (κ3) is 6.32. The average molecular weight is 510 g/mol. The number of nitrogens with one attached hydrogen (secondary N) is 1. The number of hydrogen-bond acceptors (Lipinski definition) is 7. The average Bonchev–Trinajstić information content (AvgIpc) is 3.05. The summed E-state index contributed by atoms with van der Waals surface area (Å²) in [5, 5.41) is 10.2. The van der Waals surface area contributed by atoms with E-state index in [0.29, 0.717) is 28.3 Å². The standard InChI is InChI=1S/C22H17F3N2O7S/c1-33-16-7-6-13(22(23,24)25)9-14(16)26-18(28)10-27-20(31)17(35-21(27)32)8-12-4-2-3-5-15(12)34-11-19(29)30/h2-9H,10-11H2,1H3,(H,26,28)(H,29,30)/b17-8-. The topological polar surface area (TPSA) is 122 Å². The minimum absolute atomic E-state index is 0.0432.